The van der Waals surface area contributed by atoms with Crippen LogP contribution in [0.15, 0.2) is 42.6 Å². The molecule has 1 aromatic heterocycles. The second-order valence-corrected chi connectivity index (χ2v) is 6.09. The average Bonchev–Trinajstić information content (AvgIpc) is 2.57. The van der Waals surface area contributed by atoms with E-state index in [1.54, 1.807) is 12.3 Å². The van der Waals surface area contributed by atoms with Crippen LogP contribution in [0.3, 0.4) is 0 Å². The molecule has 2 N–H and O–H groups in total. The number of carbonyl (C=O) groups is 1. The zero-order chi connectivity index (χ0) is 17.4. The number of benzene rings is 1. The van der Waals surface area contributed by atoms with E-state index in [4.69, 9.17) is 4.74 Å². The van der Waals surface area contributed by atoms with Gasteiger partial charge in [0.05, 0.1) is 18.2 Å². The maximum absolute atomic E-state index is 11.9. The molecule has 0 aliphatic heterocycles. The minimum Gasteiger partial charge on any atom is -0.389 e. The van der Waals surface area contributed by atoms with Crippen LogP contribution in [-0.4, -0.2) is 41.9 Å². The standard InChI is InChI=1S/C19H24N2O3/c1-14(2)12-24-13-17(22)11-21-18(23)9-8-16-6-3-5-15-7-4-10-20-19(15)16/h3-10,14,17,22H,11-13H2,1-2H3,(H,21,23)/b9-8+. The Labute approximate surface area is 142 Å². The van der Waals surface area contributed by atoms with Crippen molar-refractivity contribution in [1.82, 2.24) is 10.3 Å². The number of aliphatic hydroxyl groups excluding tert-OH is 1. The average molecular weight is 328 g/mol. The topological polar surface area (TPSA) is 71.5 Å². The summed E-state index contributed by atoms with van der Waals surface area (Å²) in [7, 11) is 0. The molecular formula is C19H24N2O3. The third-order valence-corrected chi connectivity index (χ3v) is 3.35. The summed E-state index contributed by atoms with van der Waals surface area (Å²) in [4.78, 5) is 16.2. The summed E-state index contributed by atoms with van der Waals surface area (Å²) in [6, 6.07) is 9.68. The van der Waals surface area contributed by atoms with Gasteiger partial charge in [0.15, 0.2) is 0 Å². The molecule has 0 radical (unpaired) electrons. The highest BCUT2D eigenvalue weighted by Crippen LogP contribution is 2.16. The summed E-state index contributed by atoms with van der Waals surface area (Å²) < 4.78 is 5.34. The lowest BCUT2D eigenvalue weighted by Crippen LogP contribution is -2.33. The van der Waals surface area contributed by atoms with Crippen LogP contribution < -0.4 is 5.32 Å². The summed E-state index contributed by atoms with van der Waals surface area (Å²) in [6.07, 6.45) is 4.20. The molecule has 24 heavy (non-hydrogen) atoms. The first-order valence-electron chi connectivity index (χ1n) is 8.11. The van der Waals surface area contributed by atoms with Crippen molar-refractivity contribution in [3.63, 3.8) is 0 Å². The fourth-order valence-corrected chi connectivity index (χ4v) is 2.20. The predicted molar refractivity (Wildman–Crippen MR) is 95.5 cm³/mol. The number of pyridine rings is 1. The molecule has 0 aliphatic rings. The molecule has 5 heteroatoms. The highest BCUT2D eigenvalue weighted by atomic mass is 16.5. The number of carbonyl (C=O) groups excluding carboxylic acids is 1. The highest BCUT2D eigenvalue weighted by molar-refractivity contribution is 5.95. The number of hydrogen-bond donors (Lipinski definition) is 2. The van der Waals surface area contributed by atoms with Crippen LogP contribution in [0.5, 0.6) is 0 Å². The molecule has 0 bridgehead atoms. The Kier molecular flexibility index (Phi) is 6.90. The van der Waals surface area contributed by atoms with Gasteiger partial charge in [-0.05, 0) is 18.1 Å². The number of nitrogens with one attached hydrogen (secondary N) is 1. The number of rotatable bonds is 8. The van der Waals surface area contributed by atoms with Crippen LogP contribution in [0.2, 0.25) is 0 Å². The molecule has 0 aliphatic carbocycles. The lowest BCUT2D eigenvalue weighted by molar-refractivity contribution is -0.117. The minimum absolute atomic E-state index is 0.162. The third kappa shape index (κ3) is 5.76. The number of ether oxygens (including phenoxy) is 1. The van der Waals surface area contributed by atoms with Gasteiger partial charge in [-0.1, -0.05) is 38.1 Å². The van der Waals surface area contributed by atoms with Gasteiger partial charge in [0.1, 0.15) is 0 Å². The van der Waals surface area contributed by atoms with E-state index in [-0.39, 0.29) is 19.1 Å². The second-order valence-electron chi connectivity index (χ2n) is 6.09. The SMILES string of the molecule is CC(C)COCC(O)CNC(=O)/C=C/c1cccc2cccnc12. The molecule has 0 fully saturated rings. The van der Waals surface area contributed by atoms with Crippen molar-refractivity contribution in [3.05, 3.63) is 48.2 Å². The predicted octanol–water partition coefficient (Wildman–Crippen LogP) is 2.40. The molecule has 1 atom stereocenters. The van der Waals surface area contributed by atoms with Crippen molar-refractivity contribution < 1.29 is 14.6 Å². The molecule has 1 amide bonds. The van der Waals surface area contributed by atoms with E-state index in [1.807, 2.05) is 44.2 Å². The van der Waals surface area contributed by atoms with E-state index in [9.17, 15) is 9.90 Å². The molecule has 0 saturated heterocycles. The number of aromatic nitrogens is 1. The largest absolute Gasteiger partial charge is 0.389 e. The lowest BCUT2D eigenvalue weighted by Gasteiger charge is -2.12. The van der Waals surface area contributed by atoms with Crippen molar-refractivity contribution in [1.29, 1.82) is 0 Å². The maximum atomic E-state index is 11.9. The normalized spacial score (nSPS) is 12.8. The van der Waals surface area contributed by atoms with E-state index in [0.717, 1.165) is 16.5 Å². The molecule has 0 saturated carbocycles. The number of aliphatic hydroxyl groups is 1. The molecule has 1 heterocycles. The van der Waals surface area contributed by atoms with Crippen molar-refractivity contribution >= 4 is 22.9 Å². The summed E-state index contributed by atoms with van der Waals surface area (Å²) in [6.45, 7) is 5.06. The second kappa shape index (κ2) is 9.15. The van der Waals surface area contributed by atoms with Crippen LogP contribution in [0.4, 0.5) is 0 Å². The Hall–Kier alpha value is -2.24. The fourth-order valence-electron chi connectivity index (χ4n) is 2.20. The zero-order valence-electron chi connectivity index (χ0n) is 14.1. The van der Waals surface area contributed by atoms with Gasteiger partial charge in [-0.3, -0.25) is 9.78 Å². The molecule has 2 rings (SSSR count). The first-order chi connectivity index (χ1) is 11.6. The Morgan fingerprint density at radius 3 is 2.88 bits per heavy atom. The third-order valence-electron chi connectivity index (χ3n) is 3.35. The Bertz CT molecular complexity index is 693. The van der Waals surface area contributed by atoms with E-state index in [1.165, 1.54) is 6.08 Å². The molecular weight excluding hydrogens is 304 g/mol. The minimum atomic E-state index is -0.708. The summed E-state index contributed by atoms with van der Waals surface area (Å²) in [5.41, 5.74) is 1.73. The van der Waals surface area contributed by atoms with Gasteiger partial charge in [0.2, 0.25) is 5.91 Å². The van der Waals surface area contributed by atoms with Gasteiger partial charge in [0.25, 0.3) is 0 Å². The van der Waals surface area contributed by atoms with Gasteiger partial charge in [-0.15, -0.1) is 0 Å². The fraction of sp³-hybridized carbons (Fsp3) is 0.368. The van der Waals surface area contributed by atoms with Crippen LogP contribution in [0.1, 0.15) is 19.4 Å². The van der Waals surface area contributed by atoms with Crippen LogP contribution in [-0.2, 0) is 9.53 Å². The van der Waals surface area contributed by atoms with Gasteiger partial charge in [0, 0.05) is 36.4 Å². The Morgan fingerprint density at radius 1 is 1.29 bits per heavy atom. The van der Waals surface area contributed by atoms with Crippen molar-refractivity contribution in [2.24, 2.45) is 5.92 Å². The molecule has 1 aromatic carbocycles. The quantitative estimate of drug-likeness (QED) is 0.730. The first kappa shape index (κ1) is 18.1. The number of fused-ring (bicyclic) bond motifs is 1. The Balaban J connectivity index is 1.84. The van der Waals surface area contributed by atoms with Gasteiger partial charge >= 0.3 is 0 Å². The first-order valence-corrected chi connectivity index (χ1v) is 8.11. The smallest absolute Gasteiger partial charge is 0.244 e. The van der Waals surface area contributed by atoms with Gasteiger partial charge in [-0.2, -0.15) is 0 Å². The van der Waals surface area contributed by atoms with E-state index in [2.05, 4.69) is 10.3 Å². The summed E-state index contributed by atoms with van der Waals surface area (Å²) >= 11 is 0. The molecule has 1 unspecified atom stereocenters. The summed E-state index contributed by atoms with van der Waals surface area (Å²) in [5, 5.41) is 13.5. The van der Waals surface area contributed by atoms with Gasteiger partial charge in [-0.25, -0.2) is 0 Å². The van der Waals surface area contributed by atoms with Crippen molar-refractivity contribution in [3.8, 4) is 0 Å². The van der Waals surface area contributed by atoms with Crippen molar-refractivity contribution in [2.75, 3.05) is 19.8 Å². The number of amides is 1. The Morgan fingerprint density at radius 2 is 2.08 bits per heavy atom. The number of para-hydroxylation sites is 1. The molecule has 5 nitrogen and oxygen atoms in total. The molecule has 2 aromatic rings. The number of nitrogens with zero attached hydrogens (tertiary/aromatic N) is 1. The lowest BCUT2D eigenvalue weighted by atomic mass is 10.1. The van der Waals surface area contributed by atoms with E-state index >= 15 is 0 Å². The monoisotopic (exact) mass is 328 g/mol. The highest BCUT2D eigenvalue weighted by Gasteiger charge is 2.06. The molecule has 0 spiro atoms. The van der Waals surface area contributed by atoms with Crippen molar-refractivity contribution in [2.45, 2.75) is 20.0 Å². The van der Waals surface area contributed by atoms with Crippen LogP contribution in [0.25, 0.3) is 17.0 Å². The zero-order valence-corrected chi connectivity index (χ0v) is 14.1. The van der Waals surface area contributed by atoms with Crippen LogP contribution in [0, 0.1) is 5.92 Å². The van der Waals surface area contributed by atoms with Crippen LogP contribution >= 0.6 is 0 Å². The molecule has 128 valence electrons. The van der Waals surface area contributed by atoms with E-state index in [0.29, 0.717) is 12.5 Å². The number of hydrogen-bond acceptors (Lipinski definition) is 4. The summed E-state index contributed by atoms with van der Waals surface area (Å²) in [5.74, 6) is 0.162. The van der Waals surface area contributed by atoms with Gasteiger partial charge < -0.3 is 15.2 Å². The van der Waals surface area contributed by atoms with E-state index < -0.39 is 6.10 Å². The maximum Gasteiger partial charge on any atom is 0.244 e.